The van der Waals surface area contributed by atoms with Gasteiger partial charge in [0.15, 0.2) is 0 Å². The summed E-state index contributed by atoms with van der Waals surface area (Å²) in [4.78, 5) is 13.1. The Kier molecular flexibility index (Phi) is 12.6. The number of ether oxygens (including phenoxy) is 3. The topological polar surface area (TPSA) is 60.0 Å². The fraction of sp³-hybridized carbons (Fsp3) is 0.933. The molecular formula is C15H34N2O4. The number of nitrogens with zero attached hydrogens (tertiary/aromatic N) is 1. The van der Waals surface area contributed by atoms with Crippen LogP contribution in [-0.2, 0) is 14.2 Å². The van der Waals surface area contributed by atoms with Gasteiger partial charge in [-0.15, -0.1) is 0 Å². The van der Waals surface area contributed by atoms with Crippen molar-refractivity contribution in [2.24, 2.45) is 0 Å². The Morgan fingerprint density at radius 1 is 1.14 bits per heavy atom. The van der Waals surface area contributed by atoms with E-state index in [1.807, 2.05) is 34.7 Å². The summed E-state index contributed by atoms with van der Waals surface area (Å²) in [6.07, 6.45) is -0.318. The third kappa shape index (κ3) is 13.9. The maximum Gasteiger partial charge on any atom is 0.410 e. The Balaban J connectivity index is 0. The molecule has 0 aliphatic carbocycles. The lowest BCUT2D eigenvalue weighted by Crippen LogP contribution is -2.41. The van der Waals surface area contributed by atoms with E-state index in [1.165, 1.54) is 4.90 Å². The van der Waals surface area contributed by atoms with E-state index in [4.69, 9.17) is 14.2 Å². The number of hydrogen-bond donors (Lipinski definition) is 1. The van der Waals surface area contributed by atoms with E-state index in [0.29, 0.717) is 12.6 Å². The summed E-state index contributed by atoms with van der Waals surface area (Å²) in [5, 5.41) is 3.04. The lowest BCUT2D eigenvalue weighted by atomic mass is 10.2. The number of hydrogen-bond acceptors (Lipinski definition) is 5. The van der Waals surface area contributed by atoms with E-state index in [-0.39, 0.29) is 12.1 Å². The zero-order valence-electron chi connectivity index (χ0n) is 15.1. The van der Waals surface area contributed by atoms with Crippen LogP contribution in [0.25, 0.3) is 0 Å². The maximum atomic E-state index is 11.5. The second-order valence-corrected chi connectivity index (χ2v) is 6.04. The van der Waals surface area contributed by atoms with Crippen LogP contribution in [0.4, 0.5) is 4.79 Å². The Labute approximate surface area is 130 Å². The van der Waals surface area contributed by atoms with Gasteiger partial charge in [-0.05, 0) is 41.7 Å². The van der Waals surface area contributed by atoms with Crippen molar-refractivity contribution in [2.45, 2.75) is 52.3 Å². The summed E-state index contributed by atoms with van der Waals surface area (Å²) in [5.41, 5.74) is -0.446. The van der Waals surface area contributed by atoms with Gasteiger partial charge in [-0.1, -0.05) is 0 Å². The van der Waals surface area contributed by atoms with Crippen molar-refractivity contribution in [3.63, 3.8) is 0 Å². The highest BCUT2D eigenvalue weighted by atomic mass is 16.6. The molecule has 0 fully saturated rings. The van der Waals surface area contributed by atoms with E-state index < -0.39 is 5.60 Å². The summed E-state index contributed by atoms with van der Waals surface area (Å²) in [6.45, 7) is 10.8. The van der Waals surface area contributed by atoms with Crippen LogP contribution >= 0.6 is 0 Å². The number of methoxy groups -OCH3 is 2. The van der Waals surface area contributed by atoms with Crippen LogP contribution < -0.4 is 5.32 Å². The minimum Gasteiger partial charge on any atom is -0.444 e. The molecule has 6 nitrogen and oxygen atoms in total. The first-order chi connectivity index (χ1) is 9.58. The molecule has 1 N–H and O–H groups in total. The van der Waals surface area contributed by atoms with E-state index >= 15 is 0 Å². The quantitative estimate of drug-likeness (QED) is 0.814. The van der Waals surface area contributed by atoms with Crippen molar-refractivity contribution >= 4 is 6.09 Å². The van der Waals surface area contributed by atoms with Crippen molar-refractivity contribution in [1.82, 2.24) is 10.2 Å². The predicted octanol–water partition coefficient (Wildman–Crippen LogP) is 2.13. The third-order valence-electron chi connectivity index (χ3n) is 2.66. The van der Waals surface area contributed by atoms with Gasteiger partial charge in [0.1, 0.15) is 5.60 Å². The SMILES string of the molecule is CN[C@H](C)COC.COC[C@@H](C)N(C)C(=O)OC(C)(C)C. The first kappa shape index (κ1) is 22.4. The molecule has 0 saturated carbocycles. The minimum absolute atomic E-state index is 0.0230. The van der Waals surface area contributed by atoms with Gasteiger partial charge in [0, 0.05) is 27.3 Å². The zero-order valence-corrected chi connectivity index (χ0v) is 15.1. The van der Waals surface area contributed by atoms with Crippen molar-refractivity contribution < 1.29 is 19.0 Å². The number of carbonyl (C=O) groups excluding carboxylic acids is 1. The largest absolute Gasteiger partial charge is 0.444 e. The molecule has 0 unspecified atom stereocenters. The molecule has 0 spiro atoms. The third-order valence-corrected chi connectivity index (χ3v) is 2.66. The molecule has 0 aliphatic rings. The average molecular weight is 306 g/mol. The standard InChI is InChI=1S/C10H21NO3.C5H13NO/c1-8(7-13-6)11(5)9(12)14-10(2,3)4;1-5(6-2)4-7-3/h8H,7H2,1-6H3;5-6H,4H2,1-3H3/t8-;5-/m11/s1. The van der Waals surface area contributed by atoms with Gasteiger partial charge in [-0.25, -0.2) is 4.79 Å². The normalized spacial score (nSPS) is 13.8. The lowest BCUT2D eigenvalue weighted by Gasteiger charge is -2.28. The molecule has 0 aromatic rings. The first-order valence-corrected chi connectivity index (χ1v) is 7.20. The van der Waals surface area contributed by atoms with Crippen molar-refractivity contribution in [2.75, 3.05) is 41.5 Å². The smallest absolute Gasteiger partial charge is 0.410 e. The first-order valence-electron chi connectivity index (χ1n) is 7.20. The molecule has 0 bridgehead atoms. The highest BCUT2D eigenvalue weighted by molar-refractivity contribution is 5.68. The molecule has 21 heavy (non-hydrogen) atoms. The van der Waals surface area contributed by atoms with Crippen molar-refractivity contribution in [3.05, 3.63) is 0 Å². The number of likely N-dealkylation sites (N-methyl/N-ethyl adjacent to an activating group) is 2. The number of rotatable bonds is 6. The number of amides is 1. The maximum absolute atomic E-state index is 11.5. The summed E-state index contributed by atoms with van der Waals surface area (Å²) in [5.74, 6) is 0. The molecule has 2 atom stereocenters. The highest BCUT2D eigenvalue weighted by Gasteiger charge is 2.22. The molecule has 128 valence electrons. The predicted molar refractivity (Wildman–Crippen MR) is 85.7 cm³/mol. The molecule has 0 heterocycles. The summed E-state index contributed by atoms with van der Waals surface area (Å²) < 4.78 is 15.0. The molecule has 0 radical (unpaired) electrons. The number of carbonyl (C=O) groups is 1. The molecular weight excluding hydrogens is 272 g/mol. The monoisotopic (exact) mass is 306 g/mol. The minimum atomic E-state index is -0.446. The van der Waals surface area contributed by atoms with Crippen LogP contribution in [0.15, 0.2) is 0 Å². The van der Waals surface area contributed by atoms with Gasteiger partial charge in [-0.2, -0.15) is 0 Å². The van der Waals surface area contributed by atoms with Crippen LogP contribution in [0.1, 0.15) is 34.6 Å². The van der Waals surface area contributed by atoms with Crippen LogP contribution in [-0.4, -0.2) is 70.2 Å². The lowest BCUT2D eigenvalue weighted by molar-refractivity contribution is 0.0154. The molecule has 0 aromatic carbocycles. The Hall–Kier alpha value is -0.850. The number of nitrogens with one attached hydrogen (secondary N) is 1. The zero-order chi connectivity index (χ0) is 17.1. The molecule has 0 rings (SSSR count). The van der Waals surface area contributed by atoms with E-state index in [2.05, 4.69) is 12.2 Å². The van der Waals surface area contributed by atoms with E-state index in [1.54, 1.807) is 21.3 Å². The van der Waals surface area contributed by atoms with Gasteiger partial charge in [-0.3, -0.25) is 0 Å². The fourth-order valence-corrected chi connectivity index (χ4v) is 1.20. The van der Waals surface area contributed by atoms with Crippen LogP contribution in [0, 0.1) is 0 Å². The summed E-state index contributed by atoms with van der Waals surface area (Å²) in [7, 11) is 6.94. The van der Waals surface area contributed by atoms with Crippen LogP contribution in [0.5, 0.6) is 0 Å². The molecule has 6 heteroatoms. The van der Waals surface area contributed by atoms with Gasteiger partial charge >= 0.3 is 6.09 Å². The average Bonchev–Trinajstić information content (AvgIpc) is 2.37. The summed E-state index contributed by atoms with van der Waals surface area (Å²) in [6, 6.07) is 0.500. The van der Waals surface area contributed by atoms with Crippen LogP contribution in [0.2, 0.25) is 0 Å². The molecule has 0 aliphatic heterocycles. The molecule has 0 saturated heterocycles. The van der Waals surface area contributed by atoms with Crippen LogP contribution in [0.3, 0.4) is 0 Å². The van der Waals surface area contributed by atoms with E-state index in [9.17, 15) is 4.79 Å². The fourth-order valence-electron chi connectivity index (χ4n) is 1.20. The Morgan fingerprint density at radius 2 is 1.62 bits per heavy atom. The van der Waals surface area contributed by atoms with E-state index in [0.717, 1.165) is 6.61 Å². The Bertz CT molecular complexity index is 267. The Morgan fingerprint density at radius 3 is 1.90 bits per heavy atom. The molecule has 0 aromatic heterocycles. The second kappa shape index (κ2) is 11.8. The van der Waals surface area contributed by atoms with Gasteiger partial charge in [0.05, 0.1) is 19.3 Å². The van der Waals surface area contributed by atoms with Crippen molar-refractivity contribution in [3.8, 4) is 0 Å². The van der Waals surface area contributed by atoms with Gasteiger partial charge in [0.25, 0.3) is 0 Å². The van der Waals surface area contributed by atoms with Crippen molar-refractivity contribution in [1.29, 1.82) is 0 Å². The van der Waals surface area contributed by atoms with Gasteiger partial charge in [0.2, 0.25) is 0 Å². The highest BCUT2D eigenvalue weighted by Crippen LogP contribution is 2.10. The second-order valence-electron chi connectivity index (χ2n) is 6.04. The molecule has 1 amide bonds. The van der Waals surface area contributed by atoms with Gasteiger partial charge < -0.3 is 24.4 Å². The summed E-state index contributed by atoms with van der Waals surface area (Å²) >= 11 is 0.